The number of carbonyl (C=O) groups is 1. The molecule has 1 aromatic carbocycles. The van der Waals surface area contributed by atoms with Crippen molar-refractivity contribution in [2.75, 3.05) is 6.54 Å². The summed E-state index contributed by atoms with van der Waals surface area (Å²) < 4.78 is 6.31. The van der Waals surface area contributed by atoms with Crippen LogP contribution in [0.2, 0.25) is 5.02 Å². The predicted octanol–water partition coefficient (Wildman–Crippen LogP) is 3.79. The number of benzene rings is 1. The van der Waals surface area contributed by atoms with Gasteiger partial charge in [0, 0.05) is 11.6 Å². The third-order valence-corrected chi connectivity index (χ3v) is 3.25. The van der Waals surface area contributed by atoms with Gasteiger partial charge in [-0.3, -0.25) is 4.79 Å². The summed E-state index contributed by atoms with van der Waals surface area (Å²) in [5.74, 6) is 0.503. The third kappa shape index (κ3) is 4.86. The highest BCUT2D eigenvalue weighted by Gasteiger charge is 2.15. The molecule has 18 heavy (non-hydrogen) atoms. The van der Waals surface area contributed by atoms with Crippen molar-refractivity contribution in [3.8, 4) is 5.75 Å². The number of rotatable bonds is 6. The van der Waals surface area contributed by atoms with E-state index in [1.807, 2.05) is 0 Å². The fraction of sp³-hybridized carbons (Fsp3) is 0.462. The van der Waals surface area contributed by atoms with E-state index in [0.717, 1.165) is 17.3 Å². The van der Waals surface area contributed by atoms with Gasteiger partial charge in [0.2, 0.25) is 0 Å². The zero-order valence-corrected chi connectivity index (χ0v) is 12.8. The maximum Gasteiger partial charge on any atom is 0.260 e. The number of hydrogen-bond acceptors (Lipinski definition) is 2. The van der Waals surface area contributed by atoms with Gasteiger partial charge in [0.25, 0.3) is 5.91 Å². The molecule has 0 bridgehead atoms. The molecule has 100 valence electrons. The lowest BCUT2D eigenvalue weighted by Crippen LogP contribution is -2.36. The van der Waals surface area contributed by atoms with Crippen LogP contribution in [0.25, 0.3) is 0 Å². The first-order valence-electron chi connectivity index (χ1n) is 5.94. The summed E-state index contributed by atoms with van der Waals surface area (Å²) in [6.07, 6.45) is 1.50. The molecular weight excluding hydrogens is 318 g/mol. The van der Waals surface area contributed by atoms with Crippen molar-refractivity contribution in [1.82, 2.24) is 5.32 Å². The maximum atomic E-state index is 11.7. The molecule has 3 nitrogen and oxygen atoms in total. The minimum Gasteiger partial charge on any atom is -0.480 e. The van der Waals surface area contributed by atoms with E-state index in [1.165, 1.54) is 0 Å². The standard InChI is InChI=1S/C13H17BrClNO2/c1-3-4-7-16-13(17)9(2)18-12-6-5-10(15)8-11(12)14/h5-6,8-9H,3-4,7H2,1-2H3,(H,16,17). The topological polar surface area (TPSA) is 38.3 Å². The molecule has 0 radical (unpaired) electrons. The highest BCUT2D eigenvalue weighted by Crippen LogP contribution is 2.28. The summed E-state index contributed by atoms with van der Waals surface area (Å²) in [6, 6.07) is 5.20. The van der Waals surface area contributed by atoms with Crippen LogP contribution in [0.5, 0.6) is 5.75 Å². The second kappa shape index (κ2) is 7.64. The Hall–Kier alpha value is -0.740. The van der Waals surface area contributed by atoms with Gasteiger partial charge in [0.1, 0.15) is 5.75 Å². The van der Waals surface area contributed by atoms with E-state index in [9.17, 15) is 4.79 Å². The lowest BCUT2D eigenvalue weighted by atomic mass is 10.3. The summed E-state index contributed by atoms with van der Waals surface area (Å²) in [4.78, 5) is 11.7. The molecule has 1 aromatic rings. The fourth-order valence-corrected chi connectivity index (χ4v) is 2.12. The summed E-state index contributed by atoms with van der Waals surface area (Å²) >= 11 is 9.18. The van der Waals surface area contributed by atoms with Crippen LogP contribution in [0, 0.1) is 0 Å². The van der Waals surface area contributed by atoms with Crippen molar-refractivity contribution >= 4 is 33.4 Å². The van der Waals surface area contributed by atoms with Gasteiger partial charge < -0.3 is 10.1 Å². The van der Waals surface area contributed by atoms with Gasteiger partial charge in [-0.2, -0.15) is 0 Å². The minimum absolute atomic E-state index is 0.106. The Kier molecular flexibility index (Phi) is 6.50. The van der Waals surface area contributed by atoms with Gasteiger partial charge in [0.05, 0.1) is 4.47 Å². The zero-order valence-electron chi connectivity index (χ0n) is 10.5. The van der Waals surface area contributed by atoms with Crippen molar-refractivity contribution in [1.29, 1.82) is 0 Å². The Morgan fingerprint density at radius 1 is 1.56 bits per heavy atom. The Morgan fingerprint density at radius 2 is 2.28 bits per heavy atom. The van der Waals surface area contributed by atoms with Gasteiger partial charge in [0.15, 0.2) is 6.10 Å². The molecule has 0 heterocycles. The largest absolute Gasteiger partial charge is 0.480 e. The molecule has 5 heteroatoms. The van der Waals surface area contributed by atoms with Crippen molar-refractivity contribution in [3.05, 3.63) is 27.7 Å². The van der Waals surface area contributed by atoms with Crippen molar-refractivity contribution in [3.63, 3.8) is 0 Å². The first-order chi connectivity index (χ1) is 8.54. The number of amides is 1. The Balaban J connectivity index is 2.53. The van der Waals surface area contributed by atoms with Gasteiger partial charge in [-0.25, -0.2) is 0 Å². The summed E-state index contributed by atoms with van der Waals surface area (Å²) in [5, 5.41) is 3.45. The molecule has 1 rings (SSSR count). The molecule has 1 unspecified atom stereocenters. The van der Waals surface area contributed by atoms with Crippen LogP contribution in [0.1, 0.15) is 26.7 Å². The molecule has 0 fully saturated rings. The molecule has 0 saturated heterocycles. The molecule has 0 aliphatic rings. The number of halogens is 2. The molecule has 0 aliphatic heterocycles. The van der Waals surface area contributed by atoms with Crippen LogP contribution in [0.15, 0.2) is 22.7 Å². The molecule has 0 spiro atoms. The van der Waals surface area contributed by atoms with E-state index in [2.05, 4.69) is 28.2 Å². The van der Waals surface area contributed by atoms with E-state index in [0.29, 0.717) is 17.3 Å². The minimum atomic E-state index is -0.528. The van der Waals surface area contributed by atoms with Crippen molar-refractivity contribution in [2.45, 2.75) is 32.8 Å². The van der Waals surface area contributed by atoms with E-state index < -0.39 is 6.10 Å². The Labute approximate surface area is 121 Å². The Bertz CT molecular complexity index is 412. The van der Waals surface area contributed by atoms with Crippen LogP contribution < -0.4 is 10.1 Å². The summed E-state index contributed by atoms with van der Waals surface area (Å²) in [7, 11) is 0. The zero-order chi connectivity index (χ0) is 13.5. The highest BCUT2D eigenvalue weighted by molar-refractivity contribution is 9.10. The number of hydrogen-bond donors (Lipinski definition) is 1. The lowest BCUT2D eigenvalue weighted by Gasteiger charge is -2.15. The van der Waals surface area contributed by atoms with E-state index in [-0.39, 0.29) is 5.91 Å². The number of nitrogens with one attached hydrogen (secondary N) is 1. The van der Waals surface area contributed by atoms with Gasteiger partial charge in [-0.1, -0.05) is 24.9 Å². The van der Waals surface area contributed by atoms with Crippen LogP contribution in [-0.4, -0.2) is 18.6 Å². The van der Waals surface area contributed by atoms with Gasteiger partial charge in [-0.05, 0) is 47.5 Å². The maximum absolute atomic E-state index is 11.7. The van der Waals surface area contributed by atoms with Gasteiger partial charge in [-0.15, -0.1) is 0 Å². The van der Waals surface area contributed by atoms with E-state index in [1.54, 1.807) is 25.1 Å². The van der Waals surface area contributed by atoms with Gasteiger partial charge >= 0.3 is 0 Å². The van der Waals surface area contributed by atoms with Crippen LogP contribution in [0.3, 0.4) is 0 Å². The third-order valence-electron chi connectivity index (χ3n) is 2.40. The fourth-order valence-electron chi connectivity index (χ4n) is 1.35. The average Bonchev–Trinajstić information content (AvgIpc) is 2.32. The Morgan fingerprint density at radius 3 is 2.89 bits per heavy atom. The smallest absolute Gasteiger partial charge is 0.260 e. The molecule has 1 amide bonds. The second-order valence-corrected chi connectivity index (χ2v) is 5.27. The highest BCUT2D eigenvalue weighted by atomic mass is 79.9. The SMILES string of the molecule is CCCCNC(=O)C(C)Oc1ccc(Cl)cc1Br. The predicted molar refractivity (Wildman–Crippen MR) is 77.2 cm³/mol. The number of ether oxygens (including phenoxy) is 1. The molecule has 0 aromatic heterocycles. The molecule has 1 N–H and O–H groups in total. The van der Waals surface area contributed by atoms with Crippen molar-refractivity contribution in [2.24, 2.45) is 0 Å². The first-order valence-corrected chi connectivity index (χ1v) is 7.11. The molecule has 0 aliphatic carbocycles. The van der Waals surface area contributed by atoms with Crippen LogP contribution in [0.4, 0.5) is 0 Å². The monoisotopic (exact) mass is 333 g/mol. The van der Waals surface area contributed by atoms with Crippen LogP contribution in [-0.2, 0) is 4.79 Å². The van der Waals surface area contributed by atoms with Crippen molar-refractivity contribution < 1.29 is 9.53 Å². The number of unbranched alkanes of at least 4 members (excludes halogenated alkanes) is 1. The lowest BCUT2D eigenvalue weighted by molar-refractivity contribution is -0.127. The van der Waals surface area contributed by atoms with E-state index in [4.69, 9.17) is 16.3 Å². The molecular formula is C13H17BrClNO2. The normalized spacial score (nSPS) is 12.0. The summed E-state index contributed by atoms with van der Waals surface area (Å²) in [5.41, 5.74) is 0. The first kappa shape index (κ1) is 15.3. The second-order valence-electron chi connectivity index (χ2n) is 3.98. The average molecular weight is 335 g/mol. The molecule has 0 saturated carbocycles. The van der Waals surface area contributed by atoms with Crippen LogP contribution >= 0.6 is 27.5 Å². The van der Waals surface area contributed by atoms with E-state index >= 15 is 0 Å². The quantitative estimate of drug-likeness (QED) is 0.804. The number of carbonyl (C=O) groups excluding carboxylic acids is 1. The molecule has 1 atom stereocenters. The summed E-state index contributed by atoms with van der Waals surface area (Å²) in [6.45, 7) is 4.49.